The second kappa shape index (κ2) is 5.60. The summed E-state index contributed by atoms with van der Waals surface area (Å²) >= 11 is 0. The lowest BCUT2D eigenvalue weighted by molar-refractivity contribution is 1.28. The molecule has 2 heteroatoms. The van der Waals surface area contributed by atoms with Crippen molar-refractivity contribution >= 4 is 0 Å². The number of hydrogen-bond donors (Lipinski definition) is 0. The van der Waals surface area contributed by atoms with Crippen LogP contribution in [0.5, 0.6) is 0 Å². The fourth-order valence-corrected chi connectivity index (χ4v) is 2.38. The van der Waals surface area contributed by atoms with Crippen LogP contribution in [-0.4, -0.2) is 4.98 Å². The minimum absolute atomic E-state index is 0.666. The van der Waals surface area contributed by atoms with Crippen LogP contribution < -0.4 is 0 Å². The van der Waals surface area contributed by atoms with E-state index in [0.29, 0.717) is 5.56 Å². The van der Waals surface area contributed by atoms with Gasteiger partial charge >= 0.3 is 0 Å². The van der Waals surface area contributed by atoms with Crippen LogP contribution in [0.25, 0.3) is 22.4 Å². The molecule has 0 atom stereocenters. The Labute approximate surface area is 124 Å². The molecule has 0 aliphatic heterocycles. The lowest BCUT2D eigenvalue weighted by Gasteiger charge is -2.08. The lowest BCUT2D eigenvalue weighted by atomic mass is 9.99. The van der Waals surface area contributed by atoms with Crippen LogP contribution >= 0.6 is 0 Å². The molecule has 0 radical (unpaired) electrons. The van der Waals surface area contributed by atoms with Crippen LogP contribution in [-0.2, 0) is 0 Å². The summed E-state index contributed by atoms with van der Waals surface area (Å²) < 4.78 is 0. The smallest absolute Gasteiger partial charge is 0.0991 e. The number of aromatic nitrogens is 1. The Kier molecular flexibility index (Phi) is 3.49. The molecule has 21 heavy (non-hydrogen) atoms. The molecular weight excluding hydrogens is 256 g/mol. The van der Waals surface area contributed by atoms with Crippen LogP contribution in [0.1, 0.15) is 11.1 Å². The van der Waals surface area contributed by atoms with E-state index in [-0.39, 0.29) is 0 Å². The molecule has 100 valence electrons. The molecular formula is C19H14N2. The van der Waals surface area contributed by atoms with Gasteiger partial charge in [0.1, 0.15) is 0 Å². The van der Waals surface area contributed by atoms with Crippen molar-refractivity contribution in [1.29, 1.82) is 5.26 Å². The van der Waals surface area contributed by atoms with Gasteiger partial charge in [-0.2, -0.15) is 5.26 Å². The fourth-order valence-electron chi connectivity index (χ4n) is 2.38. The van der Waals surface area contributed by atoms with E-state index in [1.54, 1.807) is 0 Å². The molecule has 0 saturated carbocycles. The maximum absolute atomic E-state index is 9.01. The van der Waals surface area contributed by atoms with Gasteiger partial charge in [-0.25, -0.2) is 0 Å². The highest BCUT2D eigenvalue weighted by molar-refractivity contribution is 5.71. The summed E-state index contributed by atoms with van der Waals surface area (Å²) in [5, 5.41) is 9.01. The zero-order chi connectivity index (χ0) is 14.7. The van der Waals surface area contributed by atoms with Gasteiger partial charge in [-0.1, -0.05) is 42.5 Å². The van der Waals surface area contributed by atoms with E-state index >= 15 is 0 Å². The summed E-state index contributed by atoms with van der Waals surface area (Å²) in [4.78, 5) is 4.56. The molecule has 3 rings (SSSR count). The van der Waals surface area contributed by atoms with Gasteiger partial charge in [0.05, 0.1) is 17.3 Å². The Bertz CT molecular complexity index is 814. The van der Waals surface area contributed by atoms with Gasteiger partial charge in [0.25, 0.3) is 0 Å². The first-order chi connectivity index (χ1) is 10.3. The van der Waals surface area contributed by atoms with Gasteiger partial charge in [-0.3, -0.25) is 4.98 Å². The molecule has 0 aliphatic carbocycles. The molecule has 0 fully saturated rings. The molecule has 0 spiro atoms. The molecule has 1 heterocycles. The monoisotopic (exact) mass is 270 g/mol. The number of pyridine rings is 1. The predicted molar refractivity (Wildman–Crippen MR) is 84.6 cm³/mol. The van der Waals surface area contributed by atoms with E-state index in [1.807, 2.05) is 48.7 Å². The summed E-state index contributed by atoms with van der Waals surface area (Å²) in [6, 6.07) is 22.0. The summed E-state index contributed by atoms with van der Waals surface area (Å²) in [5.74, 6) is 0. The first kappa shape index (κ1) is 13.1. The number of nitrogens with zero attached hydrogens (tertiary/aromatic N) is 2. The molecule has 0 N–H and O–H groups in total. The second-order valence-electron chi connectivity index (χ2n) is 4.94. The third-order valence-corrected chi connectivity index (χ3v) is 3.48. The van der Waals surface area contributed by atoms with Crippen LogP contribution in [0, 0.1) is 18.3 Å². The number of rotatable bonds is 2. The van der Waals surface area contributed by atoms with Gasteiger partial charge in [-0.15, -0.1) is 0 Å². The number of hydrogen-bond acceptors (Lipinski definition) is 2. The topological polar surface area (TPSA) is 36.7 Å². The fraction of sp³-hybridized carbons (Fsp3) is 0.0526. The van der Waals surface area contributed by atoms with Crippen molar-refractivity contribution in [2.75, 3.05) is 0 Å². The second-order valence-corrected chi connectivity index (χ2v) is 4.94. The Hall–Kier alpha value is -2.92. The molecule has 0 unspecified atom stereocenters. The zero-order valence-electron chi connectivity index (χ0n) is 11.7. The van der Waals surface area contributed by atoms with E-state index in [2.05, 4.69) is 36.2 Å². The van der Waals surface area contributed by atoms with Crippen molar-refractivity contribution < 1.29 is 0 Å². The maximum atomic E-state index is 9.01. The summed E-state index contributed by atoms with van der Waals surface area (Å²) in [6.45, 7) is 2.07. The highest BCUT2D eigenvalue weighted by atomic mass is 14.7. The van der Waals surface area contributed by atoms with Crippen molar-refractivity contribution in [3.8, 4) is 28.5 Å². The summed E-state index contributed by atoms with van der Waals surface area (Å²) in [6.07, 6.45) is 1.88. The molecule has 0 aliphatic rings. The quantitative estimate of drug-likeness (QED) is 0.682. The molecule has 0 amide bonds. The van der Waals surface area contributed by atoms with Gasteiger partial charge in [0.15, 0.2) is 0 Å². The SMILES string of the molecule is Cc1cc(-c2ccccc2)ncc1-c1cccc(C#N)c1. The van der Waals surface area contributed by atoms with E-state index in [9.17, 15) is 0 Å². The molecule has 1 aromatic heterocycles. The standard InChI is InChI=1S/C19H14N2/c1-14-10-19(16-7-3-2-4-8-16)21-13-18(14)17-9-5-6-15(11-17)12-20/h2-11,13H,1H3. The molecule has 0 saturated heterocycles. The Morgan fingerprint density at radius 2 is 1.67 bits per heavy atom. The van der Waals surface area contributed by atoms with Crippen LogP contribution in [0.2, 0.25) is 0 Å². The summed E-state index contributed by atoms with van der Waals surface area (Å²) in [7, 11) is 0. The van der Waals surface area contributed by atoms with E-state index in [4.69, 9.17) is 5.26 Å². The van der Waals surface area contributed by atoms with Crippen LogP contribution in [0.4, 0.5) is 0 Å². The lowest BCUT2D eigenvalue weighted by Crippen LogP contribution is -1.90. The van der Waals surface area contributed by atoms with E-state index < -0.39 is 0 Å². The molecule has 0 bridgehead atoms. The van der Waals surface area contributed by atoms with Crippen molar-refractivity contribution in [1.82, 2.24) is 4.98 Å². The number of aryl methyl sites for hydroxylation is 1. The first-order valence-corrected chi connectivity index (χ1v) is 6.80. The van der Waals surface area contributed by atoms with E-state index in [1.165, 1.54) is 0 Å². The van der Waals surface area contributed by atoms with Crippen molar-refractivity contribution in [3.05, 3.63) is 78.0 Å². The molecule has 2 nitrogen and oxygen atoms in total. The van der Waals surface area contributed by atoms with Gasteiger partial charge in [-0.05, 0) is 36.2 Å². The number of benzene rings is 2. The van der Waals surface area contributed by atoms with Crippen LogP contribution in [0.3, 0.4) is 0 Å². The minimum Gasteiger partial charge on any atom is -0.256 e. The zero-order valence-corrected chi connectivity index (χ0v) is 11.7. The number of nitriles is 1. The van der Waals surface area contributed by atoms with Gasteiger partial charge in [0, 0.05) is 17.3 Å². The first-order valence-electron chi connectivity index (χ1n) is 6.80. The Morgan fingerprint density at radius 1 is 0.905 bits per heavy atom. The predicted octanol–water partition coefficient (Wildman–Crippen LogP) is 4.60. The third kappa shape index (κ3) is 2.68. The highest BCUT2D eigenvalue weighted by Gasteiger charge is 2.06. The van der Waals surface area contributed by atoms with Gasteiger partial charge < -0.3 is 0 Å². The third-order valence-electron chi connectivity index (χ3n) is 3.48. The Morgan fingerprint density at radius 3 is 2.38 bits per heavy atom. The summed E-state index contributed by atoms with van der Waals surface area (Å²) in [5.41, 5.74) is 5.98. The van der Waals surface area contributed by atoms with Crippen molar-refractivity contribution in [2.24, 2.45) is 0 Å². The van der Waals surface area contributed by atoms with Crippen molar-refractivity contribution in [2.45, 2.75) is 6.92 Å². The average Bonchev–Trinajstić information content (AvgIpc) is 2.55. The normalized spacial score (nSPS) is 10.1. The minimum atomic E-state index is 0.666. The average molecular weight is 270 g/mol. The largest absolute Gasteiger partial charge is 0.256 e. The van der Waals surface area contributed by atoms with E-state index in [0.717, 1.165) is 27.9 Å². The maximum Gasteiger partial charge on any atom is 0.0991 e. The Balaban J connectivity index is 2.04. The van der Waals surface area contributed by atoms with Crippen LogP contribution in [0.15, 0.2) is 66.9 Å². The highest BCUT2D eigenvalue weighted by Crippen LogP contribution is 2.26. The molecule has 2 aromatic carbocycles. The van der Waals surface area contributed by atoms with Crippen molar-refractivity contribution in [3.63, 3.8) is 0 Å². The molecule has 3 aromatic rings. The van der Waals surface area contributed by atoms with Gasteiger partial charge in [0.2, 0.25) is 0 Å².